The molecule has 2 heteroatoms. The molecule has 1 radical (unpaired) electrons. The van der Waals surface area contributed by atoms with E-state index < -0.39 is 0 Å². The number of halogens is 1. The first-order valence-corrected chi connectivity index (χ1v) is 7.42. The Morgan fingerprint density at radius 3 is 2.60 bits per heavy atom. The van der Waals surface area contributed by atoms with Crippen LogP contribution in [0.1, 0.15) is 18.1 Å². The van der Waals surface area contributed by atoms with Crippen LogP contribution in [0.15, 0.2) is 60.2 Å². The van der Waals surface area contributed by atoms with Gasteiger partial charge < -0.3 is 0 Å². The van der Waals surface area contributed by atoms with Crippen LogP contribution >= 0.6 is 15.9 Å². The second-order valence-corrected chi connectivity index (χ2v) is 6.24. The van der Waals surface area contributed by atoms with Crippen LogP contribution in [0.2, 0.25) is 0 Å². The minimum Gasteiger partial charge on any atom is -0.0823 e. The third-order valence-corrected chi connectivity index (χ3v) is 5.06. The van der Waals surface area contributed by atoms with Gasteiger partial charge in [-0.15, -0.1) is 0 Å². The molecule has 0 fully saturated rings. The van der Waals surface area contributed by atoms with Crippen molar-refractivity contribution < 1.29 is 21.7 Å². The zero-order chi connectivity index (χ0) is 13.3. The molecule has 2 aliphatic rings. The van der Waals surface area contributed by atoms with Crippen molar-refractivity contribution in [2.45, 2.75) is 17.7 Å². The van der Waals surface area contributed by atoms with Crippen molar-refractivity contribution in [3.8, 4) is 0 Å². The first kappa shape index (κ1) is 15.8. The zero-order valence-corrected chi connectivity index (χ0v) is 14.6. The summed E-state index contributed by atoms with van der Waals surface area (Å²) in [6, 6.07) is 8.61. The van der Waals surface area contributed by atoms with Gasteiger partial charge in [-0.25, -0.2) is 0 Å². The third-order valence-electron chi connectivity index (χ3n) is 3.79. The quantitative estimate of drug-likeness (QED) is 0.533. The first-order chi connectivity index (χ1) is 9.24. The molecule has 0 aromatic heterocycles. The van der Waals surface area contributed by atoms with Crippen molar-refractivity contribution in [2.24, 2.45) is 5.92 Å². The summed E-state index contributed by atoms with van der Waals surface area (Å²) >= 11 is 3.95. The van der Waals surface area contributed by atoms with Crippen LogP contribution in [0.5, 0.6) is 0 Å². The fraction of sp³-hybridized carbons (Fsp3) is 0.222. The Morgan fingerprint density at radius 2 is 1.95 bits per heavy atom. The molecule has 0 nitrogen and oxygen atoms in total. The van der Waals surface area contributed by atoms with E-state index in [0.29, 0.717) is 5.92 Å². The predicted octanol–water partition coefficient (Wildman–Crippen LogP) is 4.88. The van der Waals surface area contributed by atoms with Gasteiger partial charge in [0.15, 0.2) is 0 Å². The molecule has 2 aliphatic carbocycles. The van der Waals surface area contributed by atoms with E-state index in [2.05, 4.69) is 76.7 Å². The molecule has 0 bridgehead atoms. The molecule has 0 amide bonds. The van der Waals surface area contributed by atoms with Crippen molar-refractivity contribution in [1.82, 2.24) is 0 Å². The van der Waals surface area contributed by atoms with Crippen LogP contribution in [-0.4, -0.2) is 4.32 Å². The molecular weight excluding hydrogens is 344 g/mol. The topological polar surface area (TPSA) is 0 Å². The number of hydrogen-bond acceptors (Lipinski definition) is 0. The molecule has 0 heterocycles. The minimum absolute atomic E-state index is 0. The Morgan fingerprint density at radius 1 is 1.25 bits per heavy atom. The molecule has 0 saturated carbocycles. The zero-order valence-electron chi connectivity index (χ0n) is 11.4. The number of allylic oxidation sites excluding steroid dienone is 7. The molecular formula is C18H16BrTi. The molecule has 1 aromatic rings. The van der Waals surface area contributed by atoms with Gasteiger partial charge in [-0.05, 0) is 36.1 Å². The molecule has 20 heavy (non-hydrogen) atoms. The summed E-state index contributed by atoms with van der Waals surface area (Å²) in [5.74, 6) is 0.337. The number of alkyl halides is 1. The molecule has 3 rings (SSSR count). The molecule has 0 saturated heterocycles. The maximum atomic E-state index is 3.95. The van der Waals surface area contributed by atoms with Gasteiger partial charge in [0, 0.05) is 27.6 Å². The summed E-state index contributed by atoms with van der Waals surface area (Å²) in [7, 11) is 0. The van der Waals surface area contributed by atoms with Gasteiger partial charge in [-0.1, -0.05) is 76.7 Å². The van der Waals surface area contributed by atoms with Gasteiger partial charge in [0.2, 0.25) is 0 Å². The predicted molar refractivity (Wildman–Crippen MR) is 85.0 cm³/mol. The van der Waals surface area contributed by atoms with Crippen LogP contribution in [0.3, 0.4) is 0 Å². The molecule has 99 valence electrons. The maximum Gasteiger partial charge on any atom is 0.0818 e. The summed E-state index contributed by atoms with van der Waals surface area (Å²) in [6.45, 7) is 2.03. The van der Waals surface area contributed by atoms with Gasteiger partial charge >= 0.3 is 0 Å². The second kappa shape index (κ2) is 6.43. The number of hydrogen-bond donors (Lipinski definition) is 0. The molecule has 1 unspecified atom stereocenters. The Kier molecular flexibility index (Phi) is 5.06. The van der Waals surface area contributed by atoms with Gasteiger partial charge in [0.25, 0.3) is 0 Å². The standard InChI is InChI=1S/C18H16Br.Ti/c1-2-11-18(19,16-9-5-6-10-16)17-12-14-7-3-4-8-15(14)13-17;/h2-10,12,16H,13H2,1H3;. The van der Waals surface area contributed by atoms with E-state index in [9.17, 15) is 0 Å². The van der Waals surface area contributed by atoms with Crippen LogP contribution < -0.4 is 0 Å². The number of rotatable bonds is 3. The fourth-order valence-corrected chi connectivity index (χ4v) is 3.61. The van der Waals surface area contributed by atoms with E-state index in [1.54, 1.807) is 0 Å². The summed E-state index contributed by atoms with van der Waals surface area (Å²) < 4.78 is -0.218. The Balaban J connectivity index is 0.00000147. The van der Waals surface area contributed by atoms with Crippen molar-refractivity contribution >= 4 is 22.0 Å². The van der Waals surface area contributed by atoms with E-state index in [1.807, 2.05) is 13.0 Å². The third kappa shape index (κ3) is 2.72. The van der Waals surface area contributed by atoms with E-state index >= 15 is 0 Å². The van der Waals surface area contributed by atoms with Gasteiger partial charge in [-0.2, -0.15) is 0 Å². The summed E-state index contributed by atoms with van der Waals surface area (Å²) in [5.41, 5.74) is 4.13. The second-order valence-electron chi connectivity index (χ2n) is 4.99. The van der Waals surface area contributed by atoms with Crippen LogP contribution in [-0.2, 0) is 28.1 Å². The van der Waals surface area contributed by atoms with E-state index in [-0.39, 0.29) is 26.0 Å². The number of fused-ring (bicyclic) bond motifs is 1. The van der Waals surface area contributed by atoms with Gasteiger partial charge in [-0.3, -0.25) is 0 Å². The van der Waals surface area contributed by atoms with Crippen LogP contribution in [0.4, 0.5) is 0 Å². The maximum absolute atomic E-state index is 3.95. The average molecular weight is 360 g/mol. The Hall–Kier alpha value is -0.626. The largest absolute Gasteiger partial charge is 0.0823 e. The number of benzene rings is 1. The summed E-state index contributed by atoms with van der Waals surface area (Å²) in [4.78, 5) is 0. The summed E-state index contributed by atoms with van der Waals surface area (Å²) in [6.07, 6.45) is 17.5. The van der Waals surface area contributed by atoms with Crippen molar-refractivity contribution in [2.75, 3.05) is 0 Å². The van der Waals surface area contributed by atoms with Crippen molar-refractivity contribution in [3.05, 3.63) is 77.4 Å². The van der Waals surface area contributed by atoms with Crippen LogP contribution in [0, 0.1) is 12.0 Å². The smallest absolute Gasteiger partial charge is 0.0818 e. The molecule has 0 spiro atoms. The van der Waals surface area contributed by atoms with Gasteiger partial charge in [0.1, 0.15) is 0 Å². The van der Waals surface area contributed by atoms with Crippen molar-refractivity contribution in [3.63, 3.8) is 0 Å². The van der Waals surface area contributed by atoms with E-state index in [1.165, 1.54) is 16.7 Å². The first-order valence-electron chi connectivity index (χ1n) is 6.62. The molecule has 1 aromatic carbocycles. The fourth-order valence-electron chi connectivity index (χ4n) is 2.82. The van der Waals surface area contributed by atoms with E-state index in [4.69, 9.17) is 0 Å². The average Bonchev–Trinajstić information content (AvgIpc) is 3.08. The van der Waals surface area contributed by atoms with Crippen LogP contribution in [0.25, 0.3) is 6.08 Å². The minimum atomic E-state index is -0.218. The van der Waals surface area contributed by atoms with E-state index in [0.717, 1.165) is 6.42 Å². The van der Waals surface area contributed by atoms with Gasteiger partial charge in [0.05, 0.1) is 4.32 Å². The molecule has 0 N–H and O–H groups in total. The Bertz CT molecular complexity index is 598. The normalized spacial score (nSPS) is 19.8. The Labute approximate surface area is 144 Å². The summed E-state index contributed by atoms with van der Waals surface area (Å²) in [5, 5.41) is 0. The molecule has 1 atom stereocenters. The molecule has 0 aliphatic heterocycles. The SMILES string of the molecule is CC=[C]C(Br)(C1=Cc2ccccc2C1)C1C=CC=C1.[Ti]. The monoisotopic (exact) mass is 359 g/mol. The van der Waals surface area contributed by atoms with Crippen molar-refractivity contribution in [1.29, 1.82) is 0 Å².